The second-order valence-electron chi connectivity index (χ2n) is 8.19. The molecule has 5 nitrogen and oxygen atoms in total. The van der Waals surface area contributed by atoms with Crippen molar-refractivity contribution in [2.45, 2.75) is 32.4 Å². The SMILES string of the molecule is CC(C)c1ccccc1-c1ccc2c(c1)CN(C)[C@@H]2CNc1cnccc1C(=O)O. The molecule has 0 aliphatic carbocycles. The van der Waals surface area contributed by atoms with E-state index < -0.39 is 5.97 Å². The summed E-state index contributed by atoms with van der Waals surface area (Å²) in [5.74, 6) is -0.481. The third-order valence-electron chi connectivity index (χ3n) is 5.88. The van der Waals surface area contributed by atoms with Crippen LogP contribution in [0.3, 0.4) is 0 Å². The number of nitrogens with one attached hydrogen (secondary N) is 1. The summed E-state index contributed by atoms with van der Waals surface area (Å²) in [6.45, 7) is 5.95. The lowest BCUT2D eigenvalue weighted by atomic mass is 9.91. The second-order valence-corrected chi connectivity index (χ2v) is 8.19. The lowest BCUT2D eigenvalue weighted by molar-refractivity contribution is 0.0697. The Labute approximate surface area is 177 Å². The molecular weight excluding hydrogens is 374 g/mol. The largest absolute Gasteiger partial charge is 0.478 e. The van der Waals surface area contributed by atoms with Crippen molar-refractivity contribution < 1.29 is 9.90 Å². The molecular formula is C25H27N3O2. The highest BCUT2D eigenvalue weighted by Crippen LogP contribution is 2.37. The molecule has 0 saturated heterocycles. The molecule has 0 fully saturated rings. The molecule has 0 unspecified atom stereocenters. The minimum Gasteiger partial charge on any atom is -0.478 e. The number of benzene rings is 2. The molecule has 2 N–H and O–H groups in total. The molecule has 0 spiro atoms. The zero-order valence-electron chi connectivity index (χ0n) is 17.6. The molecule has 1 aliphatic heterocycles. The summed E-state index contributed by atoms with van der Waals surface area (Å²) in [7, 11) is 2.11. The first-order valence-electron chi connectivity index (χ1n) is 10.3. The van der Waals surface area contributed by atoms with Crippen molar-refractivity contribution in [3.63, 3.8) is 0 Å². The van der Waals surface area contributed by atoms with Crippen molar-refractivity contribution in [1.29, 1.82) is 0 Å². The number of aromatic carboxylic acids is 1. The highest BCUT2D eigenvalue weighted by molar-refractivity contribution is 5.93. The minimum atomic E-state index is -0.950. The van der Waals surface area contributed by atoms with Gasteiger partial charge in [-0.15, -0.1) is 0 Å². The van der Waals surface area contributed by atoms with E-state index in [0.717, 1.165) is 6.54 Å². The van der Waals surface area contributed by atoms with Gasteiger partial charge in [0.15, 0.2) is 0 Å². The van der Waals surface area contributed by atoms with Crippen molar-refractivity contribution in [2.75, 3.05) is 18.9 Å². The zero-order valence-corrected chi connectivity index (χ0v) is 17.6. The van der Waals surface area contributed by atoms with Gasteiger partial charge in [-0.1, -0.05) is 50.2 Å². The van der Waals surface area contributed by atoms with E-state index in [-0.39, 0.29) is 11.6 Å². The summed E-state index contributed by atoms with van der Waals surface area (Å²) in [5.41, 5.74) is 7.31. The van der Waals surface area contributed by atoms with Gasteiger partial charge in [-0.3, -0.25) is 9.88 Å². The number of aromatic nitrogens is 1. The van der Waals surface area contributed by atoms with E-state index in [1.54, 1.807) is 6.20 Å². The standard InChI is InChI=1S/C25H27N3O2/c1-16(2)19-6-4-5-7-20(19)17-8-9-21-18(12-17)15-28(3)24(21)14-27-23-13-26-11-10-22(23)25(29)30/h4-13,16,24,27H,14-15H2,1-3H3,(H,29,30)/t24-/m1/s1. The van der Waals surface area contributed by atoms with Crippen LogP contribution in [0.25, 0.3) is 11.1 Å². The van der Waals surface area contributed by atoms with Gasteiger partial charge < -0.3 is 10.4 Å². The average Bonchev–Trinajstić information content (AvgIpc) is 3.06. The third-order valence-corrected chi connectivity index (χ3v) is 5.88. The Balaban J connectivity index is 1.59. The van der Waals surface area contributed by atoms with Gasteiger partial charge in [-0.05, 0) is 52.9 Å². The molecule has 5 heteroatoms. The molecule has 1 atom stereocenters. The van der Waals surface area contributed by atoms with Crippen LogP contribution >= 0.6 is 0 Å². The number of carbonyl (C=O) groups is 1. The van der Waals surface area contributed by atoms with E-state index in [9.17, 15) is 9.90 Å². The predicted octanol–water partition coefficient (Wildman–Crippen LogP) is 5.17. The summed E-state index contributed by atoms with van der Waals surface area (Å²) in [5, 5.41) is 12.7. The minimum absolute atomic E-state index is 0.177. The van der Waals surface area contributed by atoms with E-state index in [4.69, 9.17) is 0 Å². The molecule has 0 saturated carbocycles. The number of likely N-dealkylation sites (N-methyl/N-ethyl adjacent to an activating group) is 1. The Kier molecular flexibility index (Phi) is 5.55. The smallest absolute Gasteiger partial charge is 0.337 e. The van der Waals surface area contributed by atoms with Crippen LogP contribution in [0.4, 0.5) is 5.69 Å². The number of rotatable bonds is 6. The van der Waals surface area contributed by atoms with Gasteiger partial charge in [-0.2, -0.15) is 0 Å². The summed E-state index contributed by atoms with van der Waals surface area (Å²) in [6.07, 6.45) is 3.08. The molecule has 3 aromatic rings. The van der Waals surface area contributed by atoms with Crippen molar-refractivity contribution in [2.24, 2.45) is 0 Å². The van der Waals surface area contributed by atoms with Gasteiger partial charge in [-0.25, -0.2) is 4.79 Å². The van der Waals surface area contributed by atoms with E-state index in [1.165, 1.54) is 40.1 Å². The number of hydrogen-bond donors (Lipinski definition) is 2. The quantitative estimate of drug-likeness (QED) is 0.597. The number of carboxylic acids is 1. The number of anilines is 1. The van der Waals surface area contributed by atoms with E-state index in [0.29, 0.717) is 18.2 Å². The topological polar surface area (TPSA) is 65.5 Å². The van der Waals surface area contributed by atoms with Gasteiger partial charge in [0.05, 0.1) is 23.5 Å². The van der Waals surface area contributed by atoms with E-state index >= 15 is 0 Å². The monoisotopic (exact) mass is 401 g/mol. The van der Waals surface area contributed by atoms with Crippen LogP contribution in [0.2, 0.25) is 0 Å². The summed E-state index contributed by atoms with van der Waals surface area (Å²) >= 11 is 0. The molecule has 30 heavy (non-hydrogen) atoms. The Morgan fingerprint density at radius 1 is 1.23 bits per heavy atom. The first kappa shape index (κ1) is 20.1. The van der Waals surface area contributed by atoms with Gasteiger partial charge in [0.25, 0.3) is 0 Å². The number of hydrogen-bond acceptors (Lipinski definition) is 4. The maximum Gasteiger partial charge on any atom is 0.337 e. The Hall–Kier alpha value is -3.18. The number of pyridine rings is 1. The van der Waals surface area contributed by atoms with Gasteiger partial charge in [0, 0.05) is 19.3 Å². The molecule has 0 amide bonds. The number of fused-ring (bicyclic) bond motifs is 1. The average molecular weight is 402 g/mol. The van der Waals surface area contributed by atoms with Crippen LogP contribution < -0.4 is 5.32 Å². The number of carboxylic acid groups (broad SMARTS) is 1. The summed E-state index contributed by atoms with van der Waals surface area (Å²) < 4.78 is 0. The molecule has 0 bridgehead atoms. The molecule has 1 aromatic heterocycles. The van der Waals surface area contributed by atoms with Gasteiger partial charge in [0.1, 0.15) is 0 Å². The van der Waals surface area contributed by atoms with E-state index in [2.05, 4.69) is 78.6 Å². The fourth-order valence-electron chi connectivity index (χ4n) is 4.31. The van der Waals surface area contributed by atoms with Crippen LogP contribution in [0.1, 0.15) is 52.9 Å². The van der Waals surface area contributed by atoms with Crippen LogP contribution in [-0.4, -0.2) is 34.6 Å². The first-order chi connectivity index (χ1) is 14.5. The highest BCUT2D eigenvalue weighted by Gasteiger charge is 2.28. The molecule has 2 heterocycles. The molecule has 4 rings (SSSR count). The Morgan fingerprint density at radius 3 is 2.80 bits per heavy atom. The van der Waals surface area contributed by atoms with Crippen molar-refractivity contribution in [3.8, 4) is 11.1 Å². The molecule has 2 aromatic carbocycles. The Morgan fingerprint density at radius 2 is 2.03 bits per heavy atom. The van der Waals surface area contributed by atoms with Crippen molar-refractivity contribution in [3.05, 3.63) is 83.2 Å². The zero-order chi connectivity index (χ0) is 21.3. The van der Waals surface area contributed by atoms with Crippen molar-refractivity contribution >= 4 is 11.7 Å². The highest BCUT2D eigenvalue weighted by atomic mass is 16.4. The lowest BCUT2D eigenvalue weighted by Crippen LogP contribution is -2.24. The van der Waals surface area contributed by atoms with Crippen LogP contribution in [0.5, 0.6) is 0 Å². The van der Waals surface area contributed by atoms with Crippen molar-refractivity contribution in [1.82, 2.24) is 9.88 Å². The summed E-state index contributed by atoms with van der Waals surface area (Å²) in [4.78, 5) is 17.8. The molecule has 1 aliphatic rings. The fraction of sp³-hybridized carbons (Fsp3) is 0.280. The second kappa shape index (κ2) is 8.28. The van der Waals surface area contributed by atoms with Gasteiger partial charge >= 0.3 is 5.97 Å². The molecule has 154 valence electrons. The van der Waals surface area contributed by atoms with Crippen LogP contribution in [0.15, 0.2) is 60.9 Å². The maximum atomic E-state index is 11.4. The fourth-order valence-corrected chi connectivity index (χ4v) is 4.31. The van der Waals surface area contributed by atoms with E-state index in [1.807, 2.05) is 0 Å². The first-order valence-corrected chi connectivity index (χ1v) is 10.3. The predicted molar refractivity (Wildman–Crippen MR) is 120 cm³/mol. The maximum absolute atomic E-state index is 11.4. The molecule has 0 radical (unpaired) electrons. The van der Waals surface area contributed by atoms with Crippen LogP contribution in [-0.2, 0) is 6.54 Å². The van der Waals surface area contributed by atoms with Crippen LogP contribution in [0, 0.1) is 0 Å². The third kappa shape index (κ3) is 3.81. The summed E-state index contributed by atoms with van der Waals surface area (Å²) in [6, 6.07) is 17.0. The van der Waals surface area contributed by atoms with Gasteiger partial charge in [0.2, 0.25) is 0 Å². The Bertz CT molecular complexity index is 1080. The number of nitrogens with zero attached hydrogens (tertiary/aromatic N) is 2. The normalized spacial score (nSPS) is 15.9. The lowest BCUT2D eigenvalue weighted by Gasteiger charge is -2.22.